The Hall–Kier alpha value is -3.16. The number of aliphatic hydroxyl groups is 1. The summed E-state index contributed by atoms with van der Waals surface area (Å²) in [6.07, 6.45) is -0.0400. The van der Waals surface area contributed by atoms with E-state index in [1.807, 2.05) is 35.2 Å². The second kappa shape index (κ2) is 10.6. The maximum absolute atomic E-state index is 14.3. The molecule has 3 aromatic rings. The van der Waals surface area contributed by atoms with Crippen molar-refractivity contribution in [2.45, 2.75) is 31.6 Å². The first-order valence-electron chi connectivity index (χ1n) is 10.8. The molecule has 0 spiro atoms. The molecule has 3 aromatic carbocycles. The molecule has 1 N–H and O–H groups in total. The van der Waals surface area contributed by atoms with Gasteiger partial charge in [0.05, 0.1) is 11.8 Å². The number of hydrogen-bond donors (Lipinski definition) is 1. The van der Waals surface area contributed by atoms with Crippen LogP contribution in [0.4, 0.5) is 13.2 Å². The third-order valence-corrected chi connectivity index (χ3v) is 5.56. The van der Waals surface area contributed by atoms with E-state index in [2.05, 4.69) is 5.16 Å². The summed E-state index contributed by atoms with van der Waals surface area (Å²) in [5, 5.41) is 14.8. The minimum atomic E-state index is -0.685. The van der Waals surface area contributed by atoms with E-state index >= 15 is 0 Å². The van der Waals surface area contributed by atoms with Gasteiger partial charge < -0.3 is 9.94 Å². The topological polar surface area (TPSA) is 45.1 Å². The number of oxime groups is 1. The lowest BCUT2D eigenvalue weighted by Gasteiger charge is -2.27. The van der Waals surface area contributed by atoms with E-state index in [1.165, 1.54) is 24.3 Å². The predicted octanol–water partition coefficient (Wildman–Crippen LogP) is 4.70. The maximum Gasteiger partial charge on any atom is 0.145 e. The second-order valence-electron chi connectivity index (χ2n) is 8.25. The number of aliphatic hydroxyl groups excluding tert-OH is 1. The fourth-order valence-corrected chi connectivity index (χ4v) is 3.97. The lowest BCUT2D eigenvalue weighted by Crippen LogP contribution is -2.38. The number of nitrogens with zero attached hydrogens (tertiary/aromatic N) is 2. The van der Waals surface area contributed by atoms with Crippen LogP contribution < -0.4 is 0 Å². The summed E-state index contributed by atoms with van der Waals surface area (Å²) >= 11 is 0. The Balaban J connectivity index is 1.43. The van der Waals surface area contributed by atoms with Crippen molar-refractivity contribution in [1.82, 2.24) is 4.90 Å². The van der Waals surface area contributed by atoms with Crippen LogP contribution in [-0.2, 0) is 17.8 Å². The average Bonchev–Trinajstić information content (AvgIpc) is 3.25. The van der Waals surface area contributed by atoms with Crippen molar-refractivity contribution in [2.75, 3.05) is 13.1 Å². The van der Waals surface area contributed by atoms with Gasteiger partial charge in [0.25, 0.3) is 0 Å². The Morgan fingerprint density at radius 2 is 1.70 bits per heavy atom. The summed E-state index contributed by atoms with van der Waals surface area (Å²) in [7, 11) is 0. The van der Waals surface area contributed by atoms with Crippen LogP contribution >= 0.6 is 0 Å². The molecule has 0 saturated heterocycles. The molecular weight excluding hydrogens is 429 g/mol. The van der Waals surface area contributed by atoms with E-state index in [0.717, 1.165) is 17.2 Å². The van der Waals surface area contributed by atoms with Gasteiger partial charge in [-0.15, -0.1) is 0 Å². The summed E-state index contributed by atoms with van der Waals surface area (Å²) in [6, 6.07) is 19.1. The largest absolute Gasteiger partial charge is 0.391 e. The van der Waals surface area contributed by atoms with E-state index in [1.54, 1.807) is 12.1 Å². The molecule has 1 heterocycles. The Kier molecular flexibility index (Phi) is 7.42. The first-order chi connectivity index (χ1) is 16.0. The fraction of sp³-hybridized carbons (Fsp3) is 0.269. The van der Waals surface area contributed by atoms with Crippen molar-refractivity contribution in [1.29, 1.82) is 0 Å². The third kappa shape index (κ3) is 6.43. The zero-order valence-corrected chi connectivity index (χ0v) is 18.0. The van der Waals surface area contributed by atoms with Gasteiger partial charge in [0.1, 0.15) is 23.6 Å². The molecule has 4 rings (SSSR count). The molecular formula is C26H25F3N2O2. The highest BCUT2D eigenvalue weighted by molar-refractivity contribution is 6.01. The van der Waals surface area contributed by atoms with Crippen molar-refractivity contribution < 1.29 is 23.1 Å². The minimum absolute atomic E-state index is 0.184. The summed E-state index contributed by atoms with van der Waals surface area (Å²) in [5.41, 5.74) is 2.81. The number of hydrogen-bond acceptors (Lipinski definition) is 4. The molecule has 4 nitrogen and oxygen atoms in total. The second-order valence-corrected chi connectivity index (χ2v) is 8.25. The Morgan fingerprint density at radius 1 is 0.970 bits per heavy atom. The lowest BCUT2D eigenvalue weighted by atomic mass is 10.0. The van der Waals surface area contributed by atoms with Crippen LogP contribution in [0.25, 0.3) is 0 Å². The number of benzene rings is 3. The van der Waals surface area contributed by atoms with Crippen LogP contribution in [-0.4, -0.2) is 41.0 Å². The molecule has 0 aliphatic carbocycles. The summed E-state index contributed by atoms with van der Waals surface area (Å²) in [4.78, 5) is 7.47. The van der Waals surface area contributed by atoms with E-state index in [9.17, 15) is 18.3 Å². The molecule has 7 heteroatoms. The minimum Gasteiger partial charge on any atom is -0.391 e. The molecule has 0 bridgehead atoms. The fourth-order valence-electron chi connectivity index (χ4n) is 3.97. The van der Waals surface area contributed by atoms with Crippen molar-refractivity contribution in [3.8, 4) is 0 Å². The van der Waals surface area contributed by atoms with E-state index < -0.39 is 17.7 Å². The van der Waals surface area contributed by atoms with Crippen LogP contribution in [0.3, 0.4) is 0 Å². The highest BCUT2D eigenvalue weighted by Crippen LogP contribution is 2.20. The van der Waals surface area contributed by atoms with E-state index in [4.69, 9.17) is 4.84 Å². The molecule has 1 aliphatic rings. The monoisotopic (exact) mass is 454 g/mol. The normalized spacial score (nSPS) is 16.5. The van der Waals surface area contributed by atoms with Gasteiger partial charge in [-0.25, -0.2) is 13.2 Å². The third-order valence-electron chi connectivity index (χ3n) is 5.56. The summed E-state index contributed by atoms with van der Waals surface area (Å²) in [6.45, 7) is 0.845. The molecule has 172 valence electrons. The number of halogens is 3. The van der Waals surface area contributed by atoms with Crippen LogP contribution in [0, 0.1) is 17.5 Å². The van der Waals surface area contributed by atoms with Gasteiger partial charge in [0, 0.05) is 37.7 Å². The van der Waals surface area contributed by atoms with Gasteiger partial charge in [-0.05, 0) is 35.7 Å². The van der Waals surface area contributed by atoms with Gasteiger partial charge in [-0.3, -0.25) is 4.90 Å². The quantitative estimate of drug-likeness (QED) is 0.510. The van der Waals surface area contributed by atoms with Crippen molar-refractivity contribution in [3.63, 3.8) is 0 Å². The van der Waals surface area contributed by atoms with E-state index in [0.29, 0.717) is 30.7 Å². The van der Waals surface area contributed by atoms with Gasteiger partial charge >= 0.3 is 0 Å². The lowest BCUT2D eigenvalue weighted by molar-refractivity contribution is 0.0319. The molecule has 2 atom stereocenters. The predicted molar refractivity (Wildman–Crippen MR) is 120 cm³/mol. The highest BCUT2D eigenvalue weighted by atomic mass is 19.1. The molecule has 0 saturated carbocycles. The first kappa shape index (κ1) is 23.0. The molecule has 0 aromatic heterocycles. The van der Waals surface area contributed by atoms with Gasteiger partial charge in [0.15, 0.2) is 0 Å². The van der Waals surface area contributed by atoms with Gasteiger partial charge in [-0.1, -0.05) is 53.7 Å². The first-order valence-corrected chi connectivity index (χ1v) is 10.8. The maximum atomic E-state index is 14.3. The SMILES string of the molecule is O[C@H](Cc1ccccc1)CN(Cc1ccc(F)cc1F)C[C@H]1CC(c2ccc(F)cc2)=NO1. The Bertz CT molecular complexity index is 1090. The zero-order valence-electron chi connectivity index (χ0n) is 18.0. The summed E-state index contributed by atoms with van der Waals surface area (Å²) in [5.74, 6) is -1.59. The zero-order chi connectivity index (χ0) is 23.2. The van der Waals surface area contributed by atoms with E-state index in [-0.39, 0.29) is 25.0 Å². The van der Waals surface area contributed by atoms with Crippen LogP contribution in [0.15, 0.2) is 78.0 Å². The Labute approximate surface area is 190 Å². The van der Waals surface area contributed by atoms with Crippen molar-refractivity contribution in [3.05, 3.63) is 107 Å². The highest BCUT2D eigenvalue weighted by Gasteiger charge is 2.26. The molecule has 0 radical (unpaired) electrons. The van der Waals surface area contributed by atoms with Crippen molar-refractivity contribution in [2.24, 2.45) is 5.16 Å². The molecule has 0 fully saturated rings. The van der Waals surface area contributed by atoms with Gasteiger partial charge in [0.2, 0.25) is 0 Å². The van der Waals surface area contributed by atoms with Crippen LogP contribution in [0.1, 0.15) is 23.1 Å². The standard InChI is InChI=1S/C26H25F3N2O2/c27-21-9-6-19(7-10-21)26-14-24(33-30-26)17-31(15-20-8-11-22(28)13-25(20)29)16-23(32)12-18-4-2-1-3-5-18/h1-11,13,23-24,32H,12,14-17H2/t23-,24-/m1/s1. The van der Waals surface area contributed by atoms with Crippen LogP contribution in [0.2, 0.25) is 0 Å². The average molecular weight is 454 g/mol. The molecule has 0 unspecified atom stereocenters. The summed E-state index contributed by atoms with van der Waals surface area (Å²) < 4.78 is 40.9. The Morgan fingerprint density at radius 3 is 2.42 bits per heavy atom. The molecule has 33 heavy (non-hydrogen) atoms. The van der Waals surface area contributed by atoms with Crippen molar-refractivity contribution >= 4 is 5.71 Å². The smallest absolute Gasteiger partial charge is 0.145 e. The molecule has 1 aliphatic heterocycles. The number of rotatable bonds is 9. The van der Waals surface area contributed by atoms with Gasteiger partial charge in [-0.2, -0.15) is 0 Å². The van der Waals surface area contributed by atoms with Crippen LogP contribution in [0.5, 0.6) is 0 Å². The molecule has 0 amide bonds.